The highest BCUT2D eigenvalue weighted by Crippen LogP contribution is 2.28. The number of hydrogen-bond donors (Lipinski definition) is 0. The zero-order valence-corrected chi connectivity index (χ0v) is 20.7. The molecule has 0 radical (unpaired) electrons. The van der Waals surface area contributed by atoms with Crippen molar-refractivity contribution >= 4 is 0 Å². The summed E-state index contributed by atoms with van der Waals surface area (Å²) in [5.74, 6) is 2.05. The number of benzene rings is 1. The van der Waals surface area contributed by atoms with E-state index in [1.54, 1.807) is 0 Å². The van der Waals surface area contributed by atoms with E-state index in [4.69, 9.17) is 9.47 Å². The Kier molecular flexibility index (Phi) is 16.6. The number of aryl methyl sites for hydroxylation is 2. The van der Waals surface area contributed by atoms with Crippen LogP contribution in [0.5, 0.6) is 11.5 Å². The third-order valence-electron chi connectivity index (χ3n) is 5.98. The second-order valence-electron chi connectivity index (χ2n) is 9.03. The Hall–Kier alpha value is -1.18. The minimum atomic E-state index is 0.827. The van der Waals surface area contributed by atoms with Crippen molar-refractivity contribution in [2.75, 3.05) is 13.2 Å². The summed E-state index contributed by atoms with van der Waals surface area (Å²) in [5.41, 5.74) is 2.37. The average molecular weight is 419 g/mol. The van der Waals surface area contributed by atoms with Crippen LogP contribution in [0, 0.1) is 13.8 Å². The van der Waals surface area contributed by atoms with Gasteiger partial charge < -0.3 is 9.47 Å². The molecule has 174 valence electrons. The van der Waals surface area contributed by atoms with Gasteiger partial charge in [-0.1, -0.05) is 104 Å². The summed E-state index contributed by atoms with van der Waals surface area (Å²) in [6.07, 6.45) is 21.4. The highest BCUT2D eigenvalue weighted by Gasteiger charge is 2.07. The van der Waals surface area contributed by atoms with Gasteiger partial charge >= 0.3 is 0 Å². The van der Waals surface area contributed by atoms with Gasteiger partial charge in [0, 0.05) is 0 Å². The van der Waals surface area contributed by atoms with E-state index in [1.807, 2.05) is 0 Å². The van der Waals surface area contributed by atoms with E-state index in [0.717, 1.165) is 37.6 Å². The van der Waals surface area contributed by atoms with Crippen LogP contribution < -0.4 is 9.47 Å². The summed E-state index contributed by atoms with van der Waals surface area (Å²) in [6, 6.07) is 4.31. The molecule has 2 heteroatoms. The lowest BCUT2D eigenvalue weighted by molar-refractivity contribution is 0.293. The van der Waals surface area contributed by atoms with Crippen molar-refractivity contribution in [2.24, 2.45) is 0 Å². The molecule has 0 aromatic heterocycles. The van der Waals surface area contributed by atoms with Gasteiger partial charge in [0.15, 0.2) is 0 Å². The molecule has 0 heterocycles. The maximum absolute atomic E-state index is 6.06. The second-order valence-corrected chi connectivity index (χ2v) is 9.03. The molecule has 2 nitrogen and oxygen atoms in total. The number of hydrogen-bond acceptors (Lipinski definition) is 2. The lowest BCUT2D eigenvalue weighted by Gasteiger charge is -2.14. The Labute approximate surface area is 188 Å². The minimum absolute atomic E-state index is 0.827. The Balaban J connectivity index is 2.15. The van der Waals surface area contributed by atoms with Crippen LogP contribution in [0.25, 0.3) is 0 Å². The fourth-order valence-corrected chi connectivity index (χ4v) is 3.91. The Morgan fingerprint density at radius 1 is 0.467 bits per heavy atom. The van der Waals surface area contributed by atoms with Crippen LogP contribution in [0.1, 0.15) is 128 Å². The molecule has 1 aromatic rings. The Morgan fingerprint density at radius 2 is 0.767 bits per heavy atom. The van der Waals surface area contributed by atoms with E-state index in [9.17, 15) is 0 Å². The Morgan fingerprint density at radius 3 is 1.10 bits per heavy atom. The first-order valence-corrected chi connectivity index (χ1v) is 13.1. The highest BCUT2D eigenvalue weighted by molar-refractivity contribution is 5.45. The van der Waals surface area contributed by atoms with Crippen LogP contribution in [0.4, 0.5) is 0 Å². The van der Waals surface area contributed by atoms with Gasteiger partial charge in [-0.25, -0.2) is 0 Å². The number of unbranched alkanes of at least 4 members (excludes halogenated alkanes) is 14. The monoisotopic (exact) mass is 418 g/mol. The zero-order chi connectivity index (χ0) is 21.9. The molecule has 0 unspecified atom stereocenters. The van der Waals surface area contributed by atoms with E-state index in [0.29, 0.717) is 0 Å². The lowest BCUT2D eigenvalue weighted by atomic mass is 10.1. The molecule has 0 N–H and O–H groups in total. The van der Waals surface area contributed by atoms with Gasteiger partial charge in [0.1, 0.15) is 11.5 Å². The summed E-state index contributed by atoms with van der Waals surface area (Å²) in [6.45, 7) is 10.5. The van der Waals surface area contributed by atoms with Gasteiger partial charge in [0.05, 0.1) is 13.2 Å². The van der Waals surface area contributed by atoms with Gasteiger partial charge in [-0.05, 0) is 49.9 Å². The fourth-order valence-electron chi connectivity index (χ4n) is 3.91. The minimum Gasteiger partial charge on any atom is -0.493 e. The van der Waals surface area contributed by atoms with Crippen LogP contribution in [-0.4, -0.2) is 13.2 Å². The van der Waals surface area contributed by atoms with Crippen LogP contribution in [0.15, 0.2) is 12.1 Å². The molecule has 0 aliphatic heterocycles. The zero-order valence-electron chi connectivity index (χ0n) is 20.7. The molecular formula is C28H50O2. The lowest BCUT2D eigenvalue weighted by Crippen LogP contribution is -2.02. The quantitative estimate of drug-likeness (QED) is 0.196. The van der Waals surface area contributed by atoms with Crippen molar-refractivity contribution in [3.63, 3.8) is 0 Å². The molecular weight excluding hydrogens is 368 g/mol. The third-order valence-corrected chi connectivity index (χ3v) is 5.98. The first kappa shape index (κ1) is 26.9. The van der Waals surface area contributed by atoms with Gasteiger partial charge in [-0.15, -0.1) is 0 Å². The van der Waals surface area contributed by atoms with Crippen LogP contribution >= 0.6 is 0 Å². The number of rotatable bonds is 20. The van der Waals surface area contributed by atoms with Crippen molar-refractivity contribution in [1.29, 1.82) is 0 Å². The molecule has 0 aliphatic carbocycles. The van der Waals surface area contributed by atoms with Gasteiger partial charge in [-0.3, -0.25) is 0 Å². The molecule has 30 heavy (non-hydrogen) atoms. The molecule has 0 fully saturated rings. The summed E-state index contributed by atoms with van der Waals surface area (Å²) < 4.78 is 12.1. The van der Waals surface area contributed by atoms with Crippen LogP contribution in [0.3, 0.4) is 0 Å². The van der Waals surface area contributed by atoms with Crippen LogP contribution in [0.2, 0.25) is 0 Å². The first-order valence-electron chi connectivity index (χ1n) is 13.1. The second kappa shape index (κ2) is 18.6. The van der Waals surface area contributed by atoms with E-state index in [2.05, 4.69) is 39.8 Å². The molecule has 1 rings (SSSR count). The maximum Gasteiger partial charge on any atom is 0.122 e. The number of ether oxygens (including phenoxy) is 2. The molecule has 0 atom stereocenters. The van der Waals surface area contributed by atoms with E-state index < -0.39 is 0 Å². The van der Waals surface area contributed by atoms with Crippen LogP contribution in [-0.2, 0) is 0 Å². The summed E-state index contributed by atoms with van der Waals surface area (Å²) >= 11 is 0. The molecule has 0 spiro atoms. The van der Waals surface area contributed by atoms with Crippen molar-refractivity contribution in [3.8, 4) is 11.5 Å². The van der Waals surface area contributed by atoms with E-state index in [-0.39, 0.29) is 0 Å². The van der Waals surface area contributed by atoms with E-state index >= 15 is 0 Å². The molecule has 0 bridgehead atoms. The summed E-state index contributed by atoms with van der Waals surface area (Å²) in [7, 11) is 0. The Bertz CT molecular complexity index is 476. The summed E-state index contributed by atoms with van der Waals surface area (Å²) in [4.78, 5) is 0. The molecule has 0 saturated carbocycles. The summed E-state index contributed by atoms with van der Waals surface area (Å²) in [5, 5.41) is 0. The smallest absolute Gasteiger partial charge is 0.122 e. The molecule has 1 aromatic carbocycles. The van der Waals surface area contributed by atoms with Crippen molar-refractivity contribution < 1.29 is 9.47 Å². The van der Waals surface area contributed by atoms with Crippen molar-refractivity contribution in [3.05, 3.63) is 23.3 Å². The first-order chi connectivity index (χ1) is 14.7. The standard InChI is InChI=1S/C28H50O2/c1-5-7-9-11-13-15-17-19-21-29-27-23-26(4)28(24-25(27)3)30-22-20-18-16-14-12-10-8-6-2/h23-24H,5-22H2,1-4H3. The molecule has 0 amide bonds. The predicted molar refractivity (Wildman–Crippen MR) is 132 cm³/mol. The van der Waals surface area contributed by atoms with Gasteiger partial charge in [0.25, 0.3) is 0 Å². The highest BCUT2D eigenvalue weighted by atomic mass is 16.5. The largest absolute Gasteiger partial charge is 0.493 e. The molecule has 0 aliphatic rings. The average Bonchev–Trinajstić information content (AvgIpc) is 2.74. The van der Waals surface area contributed by atoms with Crippen molar-refractivity contribution in [1.82, 2.24) is 0 Å². The van der Waals surface area contributed by atoms with Gasteiger partial charge in [-0.2, -0.15) is 0 Å². The third kappa shape index (κ3) is 13.2. The van der Waals surface area contributed by atoms with E-state index in [1.165, 1.54) is 101 Å². The molecule has 0 saturated heterocycles. The fraction of sp³-hybridized carbons (Fsp3) is 0.786. The van der Waals surface area contributed by atoms with Gasteiger partial charge in [0.2, 0.25) is 0 Å². The maximum atomic E-state index is 6.06. The van der Waals surface area contributed by atoms with Crippen molar-refractivity contribution in [2.45, 2.75) is 130 Å². The topological polar surface area (TPSA) is 18.5 Å². The predicted octanol–water partition coefficient (Wildman–Crippen LogP) is 9.34. The SMILES string of the molecule is CCCCCCCCCCOc1cc(C)c(OCCCCCCCCCC)cc1C. The normalized spacial score (nSPS) is 11.1.